The first-order valence-corrected chi connectivity index (χ1v) is 10.7. The maximum absolute atomic E-state index is 12.6. The minimum absolute atomic E-state index is 0.117. The normalized spacial score (nSPS) is 13.8. The minimum atomic E-state index is -0.335. The number of amides is 1. The first-order chi connectivity index (χ1) is 13.6. The molecule has 6 nitrogen and oxygen atoms in total. The Morgan fingerprint density at radius 3 is 2.75 bits per heavy atom. The lowest BCUT2D eigenvalue weighted by atomic mass is 10.2. The fourth-order valence-corrected chi connectivity index (χ4v) is 5.12. The number of hydrogen-bond acceptors (Lipinski definition) is 7. The number of aromatic nitrogens is 2. The summed E-state index contributed by atoms with van der Waals surface area (Å²) >= 11 is 8.19. The average molecular weight is 432 g/mol. The van der Waals surface area contributed by atoms with E-state index in [2.05, 4.69) is 10.4 Å². The van der Waals surface area contributed by atoms with Crippen LogP contribution in [0.15, 0.2) is 52.9 Å². The number of anilines is 1. The third-order valence-electron chi connectivity index (χ3n) is 3.99. The molecule has 28 heavy (non-hydrogen) atoms. The maximum Gasteiger partial charge on any atom is 0.237 e. The van der Waals surface area contributed by atoms with Gasteiger partial charge in [-0.25, -0.2) is 4.68 Å². The molecular formula is C19H17N3O3S3. The van der Waals surface area contributed by atoms with Crippen LogP contribution in [-0.2, 0) is 4.79 Å². The molecule has 1 amide bonds. The van der Waals surface area contributed by atoms with Crippen LogP contribution in [0.5, 0.6) is 11.5 Å². The molecule has 0 radical (unpaired) electrons. The van der Waals surface area contributed by atoms with Gasteiger partial charge in [0.05, 0.1) is 10.9 Å². The van der Waals surface area contributed by atoms with Crippen LogP contribution < -0.4 is 14.8 Å². The molecule has 3 aromatic rings. The molecule has 9 heteroatoms. The summed E-state index contributed by atoms with van der Waals surface area (Å²) in [5, 5.41) is 7.12. The van der Waals surface area contributed by atoms with Gasteiger partial charge < -0.3 is 14.8 Å². The molecule has 1 aliphatic heterocycles. The number of benzene rings is 2. The highest BCUT2D eigenvalue weighted by molar-refractivity contribution is 8.02. The van der Waals surface area contributed by atoms with Gasteiger partial charge >= 0.3 is 0 Å². The summed E-state index contributed by atoms with van der Waals surface area (Å²) < 4.78 is 14.2. The Morgan fingerprint density at radius 2 is 1.96 bits per heavy atom. The zero-order valence-corrected chi connectivity index (χ0v) is 17.4. The molecule has 144 valence electrons. The van der Waals surface area contributed by atoms with Crippen LogP contribution in [-0.4, -0.2) is 34.2 Å². The van der Waals surface area contributed by atoms with E-state index in [1.807, 2.05) is 37.3 Å². The Morgan fingerprint density at radius 1 is 1.21 bits per heavy atom. The molecule has 1 aliphatic rings. The highest BCUT2D eigenvalue weighted by Crippen LogP contribution is 2.33. The predicted octanol–water partition coefficient (Wildman–Crippen LogP) is 4.55. The van der Waals surface area contributed by atoms with Crippen LogP contribution in [0.2, 0.25) is 0 Å². The number of fused-ring (bicyclic) bond motifs is 1. The summed E-state index contributed by atoms with van der Waals surface area (Å²) in [4.78, 5) is 12.6. The topological polar surface area (TPSA) is 65.4 Å². The predicted molar refractivity (Wildman–Crippen MR) is 114 cm³/mol. The lowest BCUT2D eigenvalue weighted by molar-refractivity contribution is -0.115. The van der Waals surface area contributed by atoms with Crippen molar-refractivity contribution in [3.63, 3.8) is 0 Å². The molecule has 1 atom stereocenters. The Bertz CT molecular complexity index is 1050. The molecule has 0 spiro atoms. The number of thioether (sulfide) groups is 1. The second-order valence-corrected chi connectivity index (χ2v) is 9.20. The second kappa shape index (κ2) is 8.34. The maximum atomic E-state index is 12.6. The van der Waals surface area contributed by atoms with Crippen molar-refractivity contribution in [1.82, 2.24) is 9.78 Å². The Labute approximate surface area is 175 Å². The number of nitrogens with one attached hydrogen (secondary N) is 1. The minimum Gasteiger partial charge on any atom is -0.486 e. The third kappa shape index (κ3) is 4.21. The molecule has 0 aliphatic carbocycles. The van der Waals surface area contributed by atoms with E-state index in [1.165, 1.54) is 23.1 Å². The molecule has 0 bridgehead atoms. The van der Waals surface area contributed by atoms with Crippen LogP contribution in [0.4, 0.5) is 5.69 Å². The van der Waals surface area contributed by atoms with E-state index in [0.717, 1.165) is 10.0 Å². The third-order valence-corrected chi connectivity index (χ3v) is 6.40. The van der Waals surface area contributed by atoms with Gasteiger partial charge in [-0.3, -0.25) is 4.79 Å². The van der Waals surface area contributed by atoms with Gasteiger partial charge in [0.25, 0.3) is 0 Å². The van der Waals surface area contributed by atoms with Crippen LogP contribution >= 0.6 is 35.3 Å². The van der Waals surface area contributed by atoms with E-state index in [-0.39, 0.29) is 11.2 Å². The number of para-hydroxylation sites is 1. The zero-order valence-electron chi connectivity index (χ0n) is 15.0. The van der Waals surface area contributed by atoms with Crippen molar-refractivity contribution in [2.45, 2.75) is 16.5 Å². The largest absolute Gasteiger partial charge is 0.486 e. The quantitative estimate of drug-likeness (QED) is 0.472. The van der Waals surface area contributed by atoms with Gasteiger partial charge in [-0.1, -0.05) is 41.3 Å². The Kier molecular flexibility index (Phi) is 5.65. The molecule has 4 rings (SSSR count). The standard InChI is InChI=1S/C19H17N3O3S3/c1-12(17(23)20-13-7-8-15-16(11-13)25-10-9-24-15)27-18-21-22(19(26)28-18)14-5-3-2-4-6-14/h2-8,11-12H,9-10H2,1H3,(H,20,23). The van der Waals surface area contributed by atoms with E-state index in [0.29, 0.717) is 34.4 Å². The molecule has 1 N–H and O–H groups in total. The lowest BCUT2D eigenvalue weighted by Crippen LogP contribution is -2.22. The van der Waals surface area contributed by atoms with Gasteiger partial charge in [0.15, 0.2) is 19.8 Å². The van der Waals surface area contributed by atoms with Crippen LogP contribution in [0, 0.1) is 3.95 Å². The van der Waals surface area contributed by atoms with Crippen molar-refractivity contribution in [2.75, 3.05) is 18.5 Å². The van der Waals surface area contributed by atoms with E-state index < -0.39 is 0 Å². The molecule has 2 aromatic carbocycles. The number of carbonyl (C=O) groups is 1. The summed E-state index contributed by atoms with van der Waals surface area (Å²) in [6, 6.07) is 15.1. The molecule has 0 fully saturated rings. The van der Waals surface area contributed by atoms with Crippen molar-refractivity contribution < 1.29 is 14.3 Å². The van der Waals surface area contributed by atoms with E-state index in [9.17, 15) is 4.79 Å². The number of rotatable bonds is 5. The monoisotopic (exact) mass is 431 g/mol. The number of hydrogen-bond donors (Lipinski definition) is 1. The van der Waals surface area contributed by atoms with Gasteiger partial charge in [-0.2, -0.15) is 0 Å². The van der Waals surface area contributed by atoms with E-state index in [1.54, 1.807) is 22.9 Å². The van der Waals surface area contributed by atoms with Crippen LogP contribution in [0.25, 0.3) is 5.69 Å². The van der Waals surface area contributed by atoms with Crippen LogP contribution in [0.3, 0.4) is 0 Å². The van der Waals surface area contributed by atoms with E-state index in [4.69, 9.17) is 21.7 Å². The molecule has 0 saturated heterocycles. The summed E-state index contributed by atoms with van der Waals surface area (Å²) in [6.45, 7) is 2.88. The molecule has 1 unspecified atom stereocenters. The molecule has 1 aromatic heterocycles. The van der Waals surface area contributed by atoms with Gasteiger partial charge in [0, 0.05) is 11.8 Å². The summed E-state index contributed by atoms with van der Waals surface area (Å²) in [5.41, 5.74) is 1.58. The smallest absolute Gasteiger partial charge is 0.237 e. The van der Waals surface area contributed by atoms with Crippen molar-refractivity contribution in [3.8, 4) is 17.2 Å². The van der Waals surface area contributed by atoms with Crippen molar-refractivity contribution >= 4 is 46.9 Å². The fraction of sp³-hybridized carbons (Fsp3) is 0.211. The number of nitrogens with zero attached hydrogens (tertiary/aromatic N) is 2. The highest BCUT2D eigenvalue weighted by Gasteiger charge is 2.19. The number of carbonyl (C=O) groups excluding carboxylic acids is 1. The summed E-state index contributed by atoms with van der Waals surface area (Å²) in [6.07, 6.45) is 0. The molecule has 2 heterocycles. The first kappa shape index (κ1) is 19.0. The van der Waals surface area contributed by atoms with Gasteiger partial charge in [0.2, 0.25) is 5.91 Å². The highest BCUT2D eigenvalue weighted by atomic mass is 32.2. The zero-order chi connectivity index (χ0) is 19.5. The molecule has 0 saturated carbocycles. The van der Waals surface area contributed by atoms with Gasteiger partial charge in [0.1, 0.15) is 13.2 Å². The Balaban J connectivity index is 1.43. The van der Waals surface area contributed by atoms with Crippen molar-refractivity contribution in [2.24, 2.45) is 0 Å². The van der Waals surface area contributed by atoms with Crippen molar-refractivity contribution in [1.29, 1.82) is 0 Å². The van der Waals surface area contributed by atoms with Crippen molar-refractivity contribution in [3.05, 3.63) is 52.5 Å². The summed E-state index contributed by atoms with van der Waals surface area (Å²) in [5.74, 6) is 1.22. The average Bonchev–Trinajstić information content (AvgIpc) is 3.08. The fourth-order valence-electron chi connectivity index (χ4n) is 2.61. The molecular weight excluding hydrogens is 414 g/mol. The van der Waals surface area contributed by atoms with Crippen LogP contribution in [0.1, 0.15) is 6.92 Å². The Hall–Kier alpha value is -2.36. The first-order valence-electron chi connectivity index (χ1n) is 8.63. The summed E-state index contributed by atoms with van der Waals surface area (Å²) in [7, 11) is 0. The second-order valence-electron chi connectivity index (χ2n) is 5.99. The van der Waals surface area contributed by atoms with E-state index >= 15 is 0 Å². The van der Waals surface area contributed by atoms with Gasteiger partial charge in [-0.15, -0.1) is 5.10 Å². The lowest BCUT2D eigenvalue weighted by Gasteiger charge is -2.19. The van der Waals surface area contributed by atoms with Gasteiger partial charge in [-0.05, 0) is 43.4 Å². The SMILES string of the molecule is CC(Sc1nn(-c2ccccc2)c(=S)s1)C(=O)Nc1ccc2c(c1)OCCO2. The number of ether oxygens (including phenoxy) is 2.